The molecule has 0 spiro atoms. The molecule has 2 N–H and O–H groups in total. The van der Waals surface area contributed by atoms with Gasteiger partial charge in [0.25, 0.3) is 0 Å². The molecule has 24 heavy (non-hydrogen) atoms. The van der Waals surface area contributed by atoms with Crippen molar-refractivity contribution in [2.75, 3.05) is 10.6 Å². The van der Waals surface area contributed by atoms with Crippen LogP contribution in [0.2, 0.25) is 0 Å². The zero-order valence-corrected chi connectivity index (χ0v) is 12.3. The summed E-state index contributed by atoms with van der Waals surface area (Å²) in [6.45, 7) is 0. The molecule has 0 bridgehead atoms. The van der Waals surface area contributed by atoms with Crippen molar-refractivity contribution in [2.45, 2.75) is 0 Å². The van der Waals surface area contributed by atoms with E-state index in [9.17, 15) is 17.6 Å². The lowest BCUT2D eigenvalue weighted by molar-refractivity contribution is 0.585. The molecule has 0 aliphatic carbocycles. The van der Waals surface area contributed by atoms with Gasteiger partial charge in [-0.15, -0.1) is 0 Å². The van der Waals surface area contributed by atoms with E-state index in [1.54, 1.807) is 24.3 Å². The van der Waals surface area contributed by atoms with Crippen LogP contribution in [0.5, 0.6) is 0 Å². The van der Waals surface area contributed by atoms with Gasteiger partial charge in [0.15, 0.2) is 0 Å². The first-order valence-electron chi connectivity index (χ1n) is 7.05. The maximum Gasteiger partial charge on any atom is 0.149 e. The molecule has 0 heterocycles. The number of benzene rings is 3. The maximum absolute atomic E-state index is 13.7. The van der Waals surface area contributed by atoms with Crippen molar-refractivity contribution >= 4 is 22.7 Å². The number of nitrogens with one attached hydrogen (secondary N) is 2. The predicted molar refractivity (Wildman–Crippen MR) is 85.7 cm³/mol. The van der Waals surface area contributed by atoms with Crippen LogP contribution in [0.3, 0.4) is 0 Å². The monoisotopic (exact) mass is 332 g/mol. The largest absolute Gasteiger partial charge is 0.353 e. The van der Waals surface area contributed by atoms with E-state index < -0.39 is 23.3 Å². The highest BCUT2D eigenvalue weighted by Crippen LogP contribution is 2.26. The smallest absolute Gasteiger partial charge is 0.149 e. The van der Waals surface area contributed by atoms with Crippen LogP contribution >= 0.6 is 0 Å². The van der Waals surface area contributed by atoms with Gasteiger partial charge < -0.3 is 10.6 Å². The summed E-state index contributed by atoms with van der Waals surface area (Å²) in [4.78, 5) is 0. The summed E-state index contributed by atoms with van der Waals surface area (Å²) < 4.78 is 53.2. The Morgan fingerprint density at radius 1 is 0.542 bits per heavy atom. The van der Waals surface area contributed by atoms with Crippen molar-refractivity contribution in [3.8, 4) is 0 Å². The topological polar surface area (TPSA) is 24.1 Å². The third kappa shape index (κ3) is 3.65. The number of hydrogen-bond acceptors (Lipinski definition) is 2. The molecular formula is C18H12F4N2. The van der Waals surface area contributed by atoms with E-state index in [-0.39, 0.29) is 11.4 Å². The van der Waals surface area contributed by atoms with E-state index >= 15 is 0 Å². The van der Waals surface area contributed by atoms with Gasteiger partial charge in [0.2, 0.25) is 0 Å². The van der Waals surface area contributed by atoms with E-state index in [0.29, 0.717) is 11.4 Å². The highest BCUT2D eigenvalue weighted by atomic mass is 19.1. The van der Waals surface area contributed by atoms with Crippen molar-refractivity contribution in [1.29, 1.82) is 0 Å². The van der Waals surface area contributed by atoms with Crippen LogP contribution in [0.15, 0.2) is 60.7 Å². The standard InChI is InChI=1S/C18H12F4N2/c19-11-4-6-17(15(21)8-11)23-13-2-1-3-14(10-13)24-18-7-5-12(20)9-16(18)22/h1-10,23-24H. The molecule has 3 aromatic rings. The van der Waals surface area contributed by atoms with Crippen LogP contribution in [0, 0.1) is 23.3 Å². The average Bonchev–Trinajstić information content (AvgIpc) is 2.53. The van der Waals surface area contributed by atoms with Gasteiger partial charge in [0, 0.05) is 23.5 Å². The van der Waals surface area contributed by atoms with Gasteiger partial charge >= 0.3 is 0 Å². The van der Waals surface area contributed by atoms with Crippen LogP contribution in [-0.4, -0.2) is 0 Å². The molecule has 2 nitrogen and oxygen atoms in total. The Morgan fingerprint density at radius 3 is 1.42 bits per heavy atom. The quantitative estimate of drug-likeness (QED) is 0.596. The summed E-state index contributed by atoms with van der Waals surface area (Å²) in [5.41, 5.74) is 1.27. The van der Waals surface area contributed by atoms with Crippen molar-refractivity contribution < 1.29 is 17.6 Å². The van der Waals surface area contributed by atoms with Crippen molar-refractivity contribution in [3.63, 3.8) is 0 Å². The lowest BCUT2D eigenvalue weighted by Gasteiger charge is -2.11. The second kappa shape index (κ2) is 6.62. The molecule has 0 fully saturated rings. The summed E-state index contributed by atoms with van der Waals surface area (Å²) in [7, 11) is 0. The number of anilines is 4. The fraction of sp³-hybridized carbons (Fsp3) is 0. The molecular weight excluding hydrogens is 320 g/mol. The molecule has 122 valence electrons. The summed E-state index contributed by atoms with van der Waals surface area (Å²) in [5.74, 6) is -2.78. The Kier molecular flexibility index (Phi) is 4.37. The first-order chi connectivity index (χ1) is 11.5. The summed E-state index contributed by atoms with van der Waals surface area (Å²) in [5, 5.41) is 5.63. The molecule has 0 aliphatic rings. The minimum Gasteiger partial charge on any atom is -0.353 e. The molecule has 0 saturated heterocycles. The Morgan fingerprint density at radius 2 is 1.00 bits per heavy atom. The predicted octanol–water partition coefficient (Wildman–Crippen LogP) is 5.73. The molecule has 3 aromatic carbocycles. The number of halogens is 4. The summed E-state index contributed by atoms with van der Waals surface area (Å²) in [6, 6.07) is 13.0. The minimum absolute atomic E-state index is 0.113. The first kappa shape index (κ1) is 15.9. The van der Waals surface area contributed by atoms with Crippen molar-refractivity contribution in [3.05, 3.63) is 83.9 Å². The molecule has 6 heteroatoms. The minimum atomic E-state index is -0.724. The Labute approximate surface area is 135 Å². The van der Waals surface area contributed by atoms with Gasteiger partial charge in [-0.05, 0) is 42.5 Å². The fourth-order valence-corrected chi connectivity index (χ4v) is 2.17. The lowest BCUT2D eigenvalue weighted by atomic mass is 10.2. The second-order valence-corrected chi connectivity index (χ2v) is 5.08. The second-order valence-electron chi connectivity index (χ2n) is 5.08. The van der Waals surface area contributed by atoms with E-state index in [1.807, 2.05) is 0 Å². The van der Waals surface area contributed by atoms with Crippen LogP contribution in [0.25, 0.3) is 0 Å². The van der Waals surface area contributed by atoms with Crippen LogP contribution in [0.1, 0.15) is 0 Å². The molecule has 0 unspecified atom stereocenters. The molecule has 0 aromatic heterocycles. The van der Waals surface area contributed by atoms with Gasteiger partial charge in [-0.25, -0.2) is 17.6 Å². The van der Waals surface area contributed by atoms with Gasteiger partial charge in [0.05, 0.1) is 11.4 Å². The van der Waals surface area contributed by atoms with Crippen molar-refractivity contribution in [1.82, 2.24) is 0 Å². The SMILES string of the molecule is Fc1ccc(Nc2cccc(Nc3ccc(F)cc3F)c2)c(F)c1. The van der Waals surface area contributed by atoms with E-state index in [0.717, 1.165) is 24.3 Å². The maximum atomic E-state index is 13.7. The zero-order valence-electron chi connectivity index (χ0n) is 12.3. The summed E-state index contributed by atoms with van der Waals surface area (Å²) >= 11 is 0. The van der Waals surface area contributed by atoms with Gasteiger partial charge in [-0.2, -0.15) is 0 Å². The number of rotatable bonds is 4. The van der Waals surface area contributed by atoms with Gasteiger partial charge in [0.1, 0.15) is 23.3 Å². The highest BCUT2D eigenvalue weighted by molar-refractivity contribution is 5.68. The third-order valence-electron chi connectivity index (χ3n) is 3.28. The molecule has 0 radical (unpaired) electrons. The molecule has 0 saturated carbocycles. The van der Waals surface area contributed by atoms with Crippen molar-refractivity contribution in [2.24, 2.45) is 0 Å². The van der Waals surface area contributed by atoms with E-state index in [2.05, 4.69) is 10.6 Å². The molecule has 0 atom stereocenters. The molecule has 0 amide bonds. The average molecular weight is 332 g/mol. The first-order valence-corrected chi connectivity index (χ1v) is 7.05. The van der Waals surface area contributed by atoms with E-state index in [4.69, 9.17) is 0 Å². The van der Waals surface area contributed by atoms with Gasteiger partial charge in [-0.1, -0.05) is 6.07 Å². The Hall–Kier alpha value is -3.02. The normalized spacial score (nSPS) is 10.5. The molecule has 0 aliphatic heterocycles. The molecule has 3 rings (SSSR count). The Balaban J connectivity index is 1.81. The van der Waals surface area contributed by atoms with Crippen LogP contribution in [-0.2, 0) is 0 Å². The third-order valence-corrected chi connectivity index (χ3v) is 3.28. The van der Waals surface area contributed by atoms with Gasteiger partial charge in [-0.3, -0.25) is 0 Å². The number of hydrogen-bond donors (Lipinski definition) is 2. The van der Waals surface area contributed by atoms with E-state index in [1.165, 1.54) is 12.1 Å². The lowest BCUT2D eigenvalue weighted by Crippen LogP contribution is -1.97. The summed E-state index contributed by atoms with van der Waals surface area (Å²) in [6.07, 6.45) is 0. The highest BCUT2D eigenvalue weighted by Gasteiger charge is 2.06. The zero-order chi connectivity index (χ0) is 17.1. The van der Waals surface area contributed by atoms with Crippen LogP contribution < -0.4 is 10.6 Å². The van der Waals surface area contributed by atoms with Crippen LogP contribution in [0.4, 0.5) is 40.3 Å². The fourth-order valence-electron chi connectivity index (χ4n) is 2.17. The Bertz CT molecular complexity index is 812.